The number of nitrogens with zero attached hydrogens (tertiary/aromatic N) is 3. The predicted molar refractivity (Wildman–Crippen MR) is 76.6 cm³/mol. The monoisotopic (exact) mass is 259 g/mol. The maximum absolute atomic E-state index is 12.7. The highest BCUT2D eigenvalue weighted by atomic mass is 16.2. The summed E-state index contributed by atoms with van der Waals surface area (Å²) in [4.78, 5) is 18.9. The molecule has 1 saturated heterocycles. The van der Waals surface area contributed by atoms with E-state index in [2.05, 4.69) is 30.1 Å². The lowest BCUT2D eigenvalue weighted by atomic mass is 10.0. The molecule has 3 rings (SSSR count). The molecule has 0 aromatic heterocycles. The number of benzene rings is 1. The fourth-order valence-corrected chi connectivity index (χ4v) is 2.90. The SMILES string of the molecule is CN1CCN(C(=O)N2CCCc3ccccc32)CC1. The minimum absolute atomic E-state index is 0.181. The fraction of sp³-hybridized carbons (Fsp3) is 0.533. The predicted octanol–water partition coefficient (Wildman–Crippen LogP) is 1.81. The van der Waals surface area contributed by atoms with E-state index in [0.717, 1.165) is 51.3 Å². The molecule has 0 unspecified atom stereocenters. The van der Waals surface area contributed by atoms with Gasteiger partial charge in [-0.05, 0) is 31.5 Å². The van der Waals surface area contributed by atoms with Gasteiger partial charge in [0.05, 0.1) is 0 Å². The van der Waals surface area contributed by atoms with Crippen LogP contribution in [0.25, 0.3) is 0 Å². The molecular weight excluding hydrogens is 238 g/mol. The number of hydrogen-bond acceptors (Lipinski definition) is 2. The van der Waals surface area contributed by atoms with E-state index in [1.54, 1.807) is 0 Å². The van der Waals surface area contributed by atoms with Gasteiger partial charge in [0.15, 0.2) is 0 Å². The number of carbonyl (C=O) groups excluding carboxylic acids is 1. The van der Waals surface area contributed by atoms with Crippen molar-refractivity contribution in [1.29, 1.82) is 0 Å². The molecule has 2 amide bonds. The number of urea groups is 1. The lowest BCUT2D eigenvalue weighted by Crippen LogP contribution is -2.52. The van der Waals surface area contributed by atoms with E-state index in [1.807, 2.05) is 15.9 Å². The smallest absolute Gasteiger partial charge is 0.322 e. The van der Waals surface area contributed by atoms with E-state index < -0.39 is 0 Å². The number of anilines is 1. The number of rotatable bonds is 0. The van der Waals surface area contributed by atoms with Gasteiger partial charge in [0.25, 0.3) is 0 Å². The summed E-state index contributed by atoms with van der Waals surface area (Å²) in [6, 6.07) is 8.47. The molecule has 102 valence electrons. The van der Waals surface area contributed by atoms with Gasteiger partial charge in [0.2, 0.25) is 0 Å². The second-order valence-electron chi connectivity index (χ2n) is 5.46. The average molecular weight is 259 g/mol. The second kappa shape index (κ2) is 5.21. The van der Waals surface area contributed by atoms with Crippen LogP contribution in [0.5, 0.6) is 0 Å². The van der Waals surface area contributed by atoms with Crippen molar-refractivity contribution in [3.8, 4) is 0 Å². The van der Waals surface area contributed by atoms with Crippen molar-refractivity contribution >= 4 is 11.7 Å². The number of piperazine rings is 1. The van der Waals surface area contributed by atoms with E-state index in [1.165, 1.54) is 5.56 Å². The molecule has 0 aliphatic carbocycles. The summed E-state index contributed by atoms with van der Waals surface area (Å²) in [6.45, 7) is 4.48. The van der Waals surface area contributed by atoms with Crippen molar-refractivity contribution < 1.29 is 4.79 Å². The highest BCUT2D eigenvalue weighted by molar-refractivity contribution is 5.93. The molecule has 4 heteroatoms. The van der Waals surface area contributed by atoms with Gasteiger partial charge >= 0.3 is 6.03 Å². The molecule has 2 aliphatic heterocycles. The molecule has 1 aromatic rings. The van der Waals surface area contributed by atoms with Gasteiger partial charge in [-0.25, -0.2) is 4.79 Å². The van der Waals surface area contributed by atoms with Crippen molar-refractivity contribution in [2.45, 2.75) is 12.8 Å². The number of aryl methyl sites for hydroxylation is 1. The highest BCUT2D eigenvalue weighted by Crippen LogP contribution is 2.27. The zero-order valence-electron chi connectivity index (χ0n) is 11.5. The summed E-state index contributed by atoms with van der Waals surface area (Å²) in [6.07, 6.45) is 2.15. The van der Waals surface area contributed by atoms with E-state index in [0.29, 0.717) is 0 Å². The van der Waals surface area contributed by atoms with Gasteiger partial charge in [0.1, 0.15) is 0 Å². The number of carbonyl (C=O) groups is 1. The van der Waals surface area contributed by atoms with Crippen LogP contribution in [-0.2, 0) is 6.42 Å². The van der Waals surface area contributed by atoms with Gasteiger partial charge in [-0.1, -0.05) is 18.2 Å². The molecule has 0 radical (unpaired) electrons. The Kier molecular flexibility index (Phi) is 3.42. The summed E-state index contributed by atoms with van der Waals surface area (Å²) in [5.74, 6) is 0. The third-order valence-corrected chi connectivity index (χ3v) is 4.11. The van der Waals surface area contributed by atoms with Crippen LogP contribution < -0.4 is 4.90 Å². The topological polar surface area (TPSA) is 26.8 Å². The molecule has 0 bridgehead atoms. The Hall–Kier alpha value is -1.55. The van der Waals surface area contributed by atoms with Crippen molar-refractivity contribution in [2.24, 2.45) is 0 Å². The van der Waals surface area contributed by atoms with Gasteiger partial charge in [-0.2, -0.15) is 0 Å². The molecule has 0 spiro atoms. The number of amides is 2. The second-order valence-corrected chi connectivity index (χ2v) is 5.46. The molecule has 0 atom stereocenters. The Morgan fingerprint density at radius 1 is 1.05 bits per heavy atom. The van der Waals surface area contributed by atoms with Gasteiger partial charge in [-0.15, -0.1) is 0 Å². The van der Waals surface area contributed by atoms with Crippen LogP contribution in [0.4, 0.5) is 10.5 Å². The van der Waals surface area contributed by atoms with Crippen LogP contribution >= 0.6 is 0 Å². The van der Waals surface area contributed by atoms with Crippen molar-refractivity contribution in [3.05, 3.63) is 29.8 Å². The normalized spacial score (nSPS) is 20.3. The molecule has 4 nitrogen and oxygen atoms in total. The zero-order valence-corrected chi connectivity index (χ0v) is 11.5. The highest BCUT2D eigenvalue weighted by Gasteiger charge is 2.27. The first kappa shape index (κ1) is 12.5. The minimum Gasteiger partial charge on any atom is -0.322 e. The van der Waals surface area contributed by atoms with E-state index >= 15 is 0 Å². The Labute approximate surface area is 114 Å². The maximum Gasteiger partial charge on any atom is 0.324 e. The number of fused-ring (bicyclic) bond motifs is 1. The molecule has 1 aromatic carbocycles. The van der Waals surface area contributed by atoms with E-state index in [4.69, 9.17) is 0 Å². The Bertz CT molecular complexity index is 466. The number of likely N-dealkylation sites (N-methyl/N-ethyl adjacent to an activating group) is 1. The fourth-order valence-electron chi connectivity index (χ4n) is 2.90. The molecule has 0 saturated carbocycles. The Morgan fingerprint density at radius 2 is 1.79 bits per heavy atom. The summed E-state index contributed by atoms with van der Waals surface area (Å²) in [7, 11) is 2.11. The minimum atomic E-state index is 0.181. The first-order chi connectivity index (χ1) is 9.25. The standard InChI is InChI=1S/C15H21N3O/c1-16-9-11-17(12-10-16)15(19)18-8-4-6-13-5-2-3-7-14(13)18/h2-3,5,7H,4,6,8-12H2,1H3. The van der Waals surface area contributed by atoms with Crippen LogP contribution in [-0.4, -0.2) is 55.6 Å². The van der Waals surface area contributed by atoms with Gasteiger partial charge < -0.3 is 9.80 Å². The number of hydrogen-bond donors (Lipinski definition) is 0. The third kappa shape index (κ3) is 2.45. The average Bonchev–Trinajstić information content (AvgIpc) is 2.47. The lowest BCUT2D eigenvalue weighted by Gasteiger charge is -2.38. The van der Waals surface area contributed by atoms with Crippen LogP contribution in [0.1, 0.15) is 12.0 Å². The molecule has 19 heavy (non-hydrogen) atoms. The van der Waals surface area contributed by atoms with Crippen LogP contribution in [0.2, 0.25) is 0 Å². The summed E-state index contributed by atoms with van der Waals surface area (Å²) >= 11 is 0. The largest absolute Gasteiger partial charge is 0.324 e. The molecule has 2 heterocycles. The van der Waals surface area contributed by atoms with E-state index in [-0.39, 0.29) is 6.03 Å². The van der Waals surface area contributed by atoms with Crippen LogP contribution in [0.15, 0.2) is 24.3 Å². The van der Waals surface area contributed by atoms with Crippen molar-refractivity contribution in [2.75, 3.05) is 44.7 Å². The first-order valence-corrected chi connectivity index (χ1v) is 7.08. The molecule has 1 fully saturated rings. The summed E-state index contributed by atoms with van der Waals surface area (Å²) in [5.41, 5.74) is 2.41. The third-order valence-electron chi connectivity index (χ3n) is 4.11. The van der Waals surface area contributed by atoms with Crippen molar-refractivity contribution in [1.82, 2.24) is 9.80 Å². The molecule has 0 N–H and O–H groups in total. The van der Waals surface area contributed by atoms with E-state index in [9.17, 15) is 4.79 Å². The molecule has 2 aliphatic rings. The van der Waals surface area contributed by atoms with Crippen molar-refractivity contribution in [3.63, 3.8) is 0 Å². The van der Waals surface area contributed by atoms with Gasteiger partial charge in [-0.3, -0.25) is 4.90 Å². The first-order valence-electron chi connectivity index (χ1n) is 7.08. The molecular formula is C15H21N3O. The lowest BCUT2D eigenvalue weighted by molar-refractivity contribution is 0.159. The van der Waals surface area contributed by atoms with Crippen LogP contribution in [0.3, 0.4) is 0 Å². The Balaban J connectivity index is 1.78. The van der Waals surface area contributed by atoms with Crippen LogP contribution in [0, 0.1) is 0 Å². The number of para-hydroxylation sites is 1. The maximum atomic E-state index is 12.7. The Morgan fingerprint density at radius 3 is 2.58 bits per heavy atom. The quantitative estimate of drug-likeness (QED) is 0.710. The summed E-state index contributed by atoms with van der Waals surface area (Å²) in [5, 5.41) is 0. The zero-order chi connectivity index (χ0) is 13.2. The van der Waals surface area contributed by atoms with Gasteiger partial charge in [0, 0.05) is 38.4 Å². The summed E-state index contributed by atoms with van der Waals surface area (Å²) < 4.78 is 0.